The molecule has 2 aromatic heterocycles. The minimum atomic E-state index is -0.208. The summed E-state index contributed by atoms with van der Waals surface area (Å²) in [4.78, 5) is 1.12. The highest BCUT2D eigenvalue weighted by atomic mass is 32.2. The van der Waals surface area contributed by atoms with Gasteiger partial charge in [-0.15, -0.1) is 21.5 Å². The summed E-state index contributed by atoms with van der Waals surface area (Å²) < 4.78 is 15.0. The fourth-order valence-electron chi connectivity index (χ4n) is 2.00. The Hall–Kier alpha value is -1.66. The summed E-state index contributed by atoms with van der Waals surface area (Å²) in [6.45, 7) is 2.91. The van der Waals surface area contributed by atoms with E-state index >= 15 is 0 Å². The van der Waals surface area contributed by atoms with Crippen molar-refractivity contribution in [3.8, 4) is 10.7 Å². The molecule has 3 rings (SSSR count). The molecule has 1 aromatic carbocycles. The van der Waals surface area contributed by atoms with E-state index in [-0.39, 0.29) is 5.82 Å². The van der Waals surface area contributed by atoms with E-state index in [0.717, 1.165) is 33.7 Å². The first-order chi connectivity index (χ1) is 10.3. The molecule has 0 saturated carbocycles. The Bertz CT molecular complexity index is 705. The van der Waals surface area contributed by atoms with E-state index in [1.807, 2.05) is 11.4 Å². The molecule has 0 aliphatic rings. The summed E-state index contributed by atoms with van der Waals surface area (Å²) in [5, 5.41) is 11.5. The van der Waals surface area contributed by atoms with E-state index in [0.29, 0.717) is 0 Å². The molecule has 0 N–H and O–H groups in total. The first kappa shape index (κ1) is 14.3. The van der Waals surface area contributed by atoms with Gasteiger partial charge in [0.15, 0.2) is 11.0 Å². The number of thiophene rings is 1. The molecule has 0 amide bonds. The second kappa shape index (κ2) is 6.41. The zero-order chi connectivity index (χ0) is 14.7. The zero-order valence-electron chi connectivity index (χ0n) is 11.5. The maximum atomic E-state index is 12.9. The van der Waals surface area contributed by atoms with Crippen LogP contribution in [0.3, 0.4) is 0 Å². The van der Waals surface area contributed by atoms with Crippen molar-refractivity contribution in [1.29, 1.82) is 0 Å². The van der Waals surface area contributed by atoms with E-state index < -0.39 is 0 Å². The number of benzene rings is 1. The zero-order valence-corrected chi connectivity index (χ0v) is 13.1. The molecule has 0 fully saturated rings. The second-order valence-electron chi connectivity index (χ2n) is 4.44. The summed E-state index contributed by atoms with van der Waals surface area (Å²) >= 11 is 3.28. The van der Waals surface area contributed by atoms with Crippen LogP contribution in [0.15, 0.2) is 46.9 Å². The maximum absolute atomic E-state index is 12.9. The van der Waals surface area contributed by atoms with E-state index in [1.165, 1.54) is 12.1 Å². The normalized spacial score (nSPS) is 11.0. The molecule has 0 aliphatic heterocycles. The van der Waals surface area contributed by atoms with Gasteiger partial charge in [-0.1, -0.05) is 30.0 Å². The molecule has 0 atom stereocenters. The van der Waals surface area contributed by atoms with Gasteiger partial charge in [0, 0.05) is 12.3 Å². The average Bonchev–Trinajstić information content (AvgIpc) is 3.15. The molecule has 0 bridgehead atoms. The Balaban J connectivity index is 1.78. The van der Waals surface area contributed by atoms with Crippen LogP contribution in [0, 0.1) is 5.82 Å². The van der Waals surface area contributed by atoms with Crippen LogP contribution in [0.25, 0.3) is 10.7 Å². The number of halogens is 1. The lowest BCUT2D eigenvalue weighted by Gasteiger charge is -2.06. The van der Waals surface area contributed by atoms with E-state index in [4.69, 9.17) is 0 Å². The lowest BCUT2D eigenvalue weighted by Crippen LogP contribution is -1.99. The lowest BCUT2D eigenvalue weighted by atomic mass is 10.2. The number of rotatable bonds is 5. The Morgan fingerprint density at radius 3 is 2.67 bits per heavy atom. The van der Waals surface area contributed by atoms with Crippen LogP contribution < -0.4 is 0 Å². The highest BCUT2D eigenvalue weighted by molar-refractivity contribution is 7.98. The Morgan fingerprint density at radius 1 is 1.19 bits per heavy atom. The van der Waals surface area contributed by atoms with Crippen LogP contribution >= 0.6 is 23.1 Å². The third-order valence-electron chi connectivity index (χ3n) is 3.06. The van der Waals surface area contributed by atoms with Gasteiger partial charge in [0.1, 0.15) is 5.82 Å². The van der Waals surface area contributed by atoms with Crippen molar-refractivity contribution in [3.63, 3.8) is 0 Å². The molecular formula is C15H14FN3S2. The Labute approximate surface area is 130 Å². The standard InChI is InChI=1S/C15H14FN3S2/c1-2-19-14(13-4-3-9-20-13)17-18-15(19)21-10-11-5-7-12(16)8-6-11/h3-9H,2,10H2,1H3. The van der Waals surface area contributed by atoms with Gasteiger partial charge in [-0.3, -0.25) is 0 Å². The molecule has 0 unspecified atom stereocenters. The van der Waals surface area contributed by atoms with Crippen LogP contribution in [-0.2, 0) is 12.3 Å². The molecule has 3 nitrogen and oxygen atoms in total. The van der Waals surface area contributed by atoms with E-state index in [1.54, 1.807) is 35.2 Å². The third kappa shape index (κ3) is 3.16. The number of hydrogen-bond donors (Lipinski definition) is 0. The van der Waals surface area contributed by atoms with Gasteiger partial charge in [0.25, 0.3) is 0 Å². The van der Waals surface area contributed by atoms with Gasteiger partial charge in [0.05, 0.1) is 4.88 Å². The number of thioether (sulfide) groups is 1. The van der Waals surface area contributed by atoms with Crippen LogP contribution in [0.4, 0.5) is 4.39 Å². The smallest absolute Gasteiger partial charge is 0.191 e. The highest BCUT2D eigenvalue weighted by Crippen LogP contribution is 2.28. The molecule has 108 valence electrons. The lowest BCUT2D eigenvalue weighted by molar-refractivity contribution is 0.627. The van der Waals surface area contributed by atoms with Crippen molar-refractivity contribution in [2.75, 3.05) is 0 Å². The fourth-order valence-corrected chi connectivity index (χ4v) is 3.67. The molecule has 0 aliphatic carbocycles. The topological polar surface area (TPSA) is 30.7 Å². The number of hydrogen-bond acceptors (Lipinski definition) is 4. The van der Waals surface area contributed by atoms with Gasteiger partial charge in [0.2, 0.25) is 0 Å². The monoisotopic (exact) mass is 319 g/mol. The predicted molar refractivity (Wildman–Crippen MR) is 85.0 cm³/mol. The van der Waals surface area contributed by atoms with Gasteiger partial charge in [-0.2, -0.15) is 0 Å². The summed E-state index contributed by atoms with van der Waals surface area (Å²) in [7, 11) is 0. The number of nitrogens with zero attached hydrogens (tertiary/aromatic N) is 3. The van der Waals surface area contributed by atoms with Crippen LogP contribution in [-0.4, -0.2) is 14.8 Å². The minimum Gasteiger partial charge on any atom is -0.302 e. The van der Waals surface area contributed by atoms with Crippen molar-refractivity contribution >= 4 is 23.1 Å². The predicted octanol–water partition coefficient (Wildman–Crippen LogP) is 4.46. The van der Waals surface area contributed by atoms with Crippen LogP contribution in [0.5, 0.6) is 0 Å². The Morgan fingerprint density at radius 2 is 2.00 bits per heavy atom. The van der Waals surface area contributed by atoms with Crippen molar-refractivity contribution in [2.24, 2.45) is 0 Å². The average molecular weight is 319 g/mol. The van der Waals surface area contributed by atoms with Crippen molar-refractivity contribution in [3.05, 3.63) is 53.2 Å². The van der Waals surface area contributed by atoms with Gasteiger partial charge in [-0.05, 0) is 36.1 Å². The van der Waals surface area contributed by atoms with Gasteiger partial charge >= 0.3 is 0 Å². The summed E-state index contributed by atoms with van der Waals surface area (Å²) in [5.41, 5.74) is 1.07. The summed E-state index contributed by atoms with van der Waals surface area (Å²) in [6, 6.07) is 10.6. The van der Waals surface area contributed by atoms with Gasteiger partial charge in [-0.25, -0.2) is 4.39 Å². The summed E-state index contributed by atoms with van der Waals surface area (Å²) in [5.74, 6) is 1.46. The van der Waals surface area contributed by atoms with Crippen molar-refractivity contribution in [2.45, 2.75) is 24.4 Å². The molecule has 2 heterocycles. The molecular weight excluding hydrogens is 305 g/mol. The van der Waals surface area contributed by atoms with E-state index in [2.05, 4.69) is 27.8 Å². The largest absolute Gasteiger partial charge is 0.302 e. The third-order valence-corrected chi connectivity index (χ3v) is 4.96. The quantitative estimate of drug-likeness (QED) is 0.651. The van der Waals surface area contributed by atoms with E-state index in [9.17, 15) is 4.39 Å². The first-order valence-electron chi connectivity index (χ1n) is 6.62. The Kier molecular flexibility index (Phi) is 4.36. The molecule has 3 aromatic rings. The first-order valence-corrected chi connectivity index (χ1v) is 8.48. The molecule has 0 spiro atoms. The van der Waals surface area contributed by atoms with Crippen molar-refractivity contribution in [1.82, 2.24) is 14.8 Å². The fraction of sp³-hybridized carbons (Fsp3) is 0.200. The van der Waals surface area contributed by atoms with Crippen molar-refractivity contribution < 1.29 is 4.39 Å². The molecule has 21 heavy (non-hydrogen) atoms. The number of aromatic nitrogens is 3. The molecule has 0 saturated heterocycles. The highest BCUT2D eigenvalue weighted by Gasteiger charge is 2.13. The van der Waals surface area contributed by atoms with Gasteiger partial charge < -0.3 is 4.57 Å². The summed E-state index contributed by atoms with van der Waals surface area (Å²) in [6.07, 6.45) is 0. The van der Waals surface area contributed by atoms with Crippen LogP contribution in [0.2, 0.25) is 0 Å². The minimum absolute atomic E-state index is 0.208. The SMILES string of the molecule is CCn1c(SCc2ccc(F)cc2)nnc1-c1cccs1. The molecule has 0 radical (unpaired) electrons. The van der Waals surface area contributed by atoms with Crippen LogP contribution in [0.1, 0.15) is 12.5 Å². The molecule has 6 heteroatoms. The maximum Gasteiger partial charge on any atom is 0.191 e. The second-order valence-corrected chi connectivity index (χ2v) is 6.33.